The highest BCUT2D eigenvalue weighted by molar-refractivity contribution is 8.22. The maximum atomic E-state index is 11.3. The van der Waals surface area contributed by atoms with E-state index in [1.807, 2.05) is 23.0 Å². The Morgan fingerprint density at radius 1 is 0.952 bits per heavy atom. The molecule has 1 aromatic rings. The van der Waals surface area contributed by atoms with Gasteiger partial charge >= 0.3 is 12.1 Å². The summed E-state index contributed by atoms with van der Waals surface area (Å²) in [5.41, 5.74) is 11.2. The molecule has 0 bridgehead atoms. The summed E-state index contributed by atoms with van der Waals surface area (Å²) in [6.07, 6.45) is 3.78. The van der Waals surface area contributed by atoms with Gasteiger partial charge in [0.2, 0.25) is 0 Å². The van der Waals surface area contributed by atoms with Gasteiger partial charge in [0.15, 0.2) is 0 Å². The van der Waals surface area contributed by atoms with Crippen LogP contribution in [0.15, 0.2) is 46.1 Å². The van der Waals surface area contributed by atoms with Gasteiger partial charge in [0.1, 0.15) is 0 Å². The summed E-state index contributed by atoms with van der Waals surface area (Å²) in [6, 6.07) is 3.18. The number of anilines is 2. The van der Waals surface area contributed by atoms with E-state index in [1.54, 1.807) is 12.1 Å². The first kappa shape index (κ1) is 14.9. The standard InChI is InChI=1S/C12H16N6O2S/c13-11(19)17(15)8-3-4-9(18(16)12(14)20)10(7-8)21-5-1-2-6-21/h1-7,21H,15-16H2,(H2,13,19)(H2,14,20). The average molecular weight is 308 g/mol. The smallest absolute Gasteiger partial charge is 0.333 e. The monoisotopic (exact) mass is 308 g/mol. The normalized spacial score (nSPS) is 14.3. The molecule has 0 radical (unpaired) electrons. The molecule has 0 aromatic heterocycles. The molecule has 21 heavy (non-hydrogen) atoms. The Morgan fingerprint density at radius 3 is 2.05 bits per heavy atom. The van der Waals surface area contributed by atoms with Crippen LogP contribution in [0.1, 0.15) is 0 Å². The lowest BCUT2D eigenvalue weighted by atomic mass is 10.2. The van der Waals surface area contributed by atoms with Crippen LogP contribution in [0.5, 0.6) is 0 Å². The number of hydrazine groups is 2. The van der Waals surface area contributed by atoms with Gasteiger partial charge < -0.3 is 11.5 Å². The fourth-order valence-electron chi connectivity index (χ4n) is 1.81. The van der Waals surface area contributed by atoms with Crippen molar-refractivity contribution in [1.82, 2.24) is 0 Å². The summed E-state index contributed by atoms with van der Waals surface area (Å²) in [6.45, 7) is 0. The van der Waals surface area contributed by atoms with Crippen LogP contribution in [0.2, 0.25) is 0 Å². The molecule has 0 atom stereocenters. The summed E-state index contributed by atoms with van der Waals surface area (Å²) in [5.74, 6) is 11.3. The van der Waals surface area contributed by atoms with Gasteiger partial charge in [-0.05, 0) is 29.0 Å². The number of allylic oxidation sites excluding steroid dienone is 2. The zero-order valence-electron chi connectivity index (χ0n) is 11.0. The molecule has 1 aromatic carbocycles. The molecule has 1 aliphatic rings. The number of nitrogens with two attached hydrogens (primary N) is 4. The van der Waals surface area contributed by atoms with Gasteiger partial charge in [0, 0.05) is 4.90 Å². The molecule has 112 valence electrons. The van der Waals surface area contributed by atoms with E-state index in [0.717, 1.165) is 14.9 Å². The Morgan fingerprint density at radius 2 is 1.52 bits per heavy atom. The molecule has 8 nitrogen and oxygen atoms in total. The molecule has 2 rings (SSSR count). The van der Waals surface area contributed by atoms with E-state index >= 15 is 0 Å². The van der Waals surface area contributed by atoms with E-state index in [1.165, 1.54) is 6.07 Å². The number of amides is 4. The van der Waals surface area contributed by atoms with Crippen molar-refractivity contribution in [2.24, 2.45) is 23.2 Å². The molecule has 9 heteroatoms. The first-order chi connectivity index (χ1) is 9.91. The highest BCUT2D eigenvalue weighted by Crippen LogP contribution is 2.47. The van der Waals surface area contributed by atoms with E-state index in [2.05, 4.69) is 0 Å². The number of thiol groups is 1. The van der Waals surface area contributed by atoms with Gasteiger partial charge in [0.05, 0.1) is 11.4 Å². The van der Waals surface area contributed by atoms with Crippen molar-refractivity contribution < 1.29 is 9.59 Å². The second kappa shape index (κ2) is 5.87. The molecule has 8 N–H and O–H groups in total. The summed E-state index contributed by atoms with van der Waals surface area (Å²) in [7, 11) is -0.803. The van der Waals surface area contributed by atoms with Crippen LogP contribution in [-0.2, 0) is 0 Å². The highest BCUT2D eigenvalue weighted by Gasteiger charge is 2.19. The maximum absolute atomic E-state index is 11.3. The Kier molecular flexibility index (Phi) is 4.17. The van der Waals surface area contributed by atoms with Gasteiger partial charge in [-0.3, -0.25) is 0 Å². The van der Waals surface area contributed by atoms with Gasteiger partial charge in [0.25, 0.3) is 0 Å². The van der Waals surface area contributed by atoms with Crippen molar-refractivity contribution >= 4 is 34.3 Å². The van der Waals surface area contributed by atoms with Crippen molar-refractivity contribution in [3.63, 3.8) is 0 Å². The minimum Gasteiger partial charge on any atom is -0.350 e. The van der Waals surface area contributed by atoms with Gasteiger partial charge in [-0.25, -0.2) is 31.3 Å². The minimum atomic E-state index is -0.803. The van der Waals surface area contributed by atoms with E-state index in [-0.39, 0.29) is 0 Å². The fourth-order valence-corrected chi connectivity index (χ4v) is 3.53. The fraction of sp³-hybridized carbons (Fsp3) is 0. The van der Waals surface area contributed by atoms with E-state index in [9.17, 15) is 9.59 Å². The Labute approximate surface area is 123 Å². The third-order valence-electron chi connectivity index (χ3n) is 2.85. The number of hydrogen-bond donors (Lipinski definition) is 5. The Balaban J connectivity index is 2.51. The predicted octanol–water partition coefficient (Wildman–Crippen LogP) is 0.605. The predicted molar refractivity (Wildman–Crippen MR) is 84.5 cm³/mol. The lowest BCUT2D eigenvalue weighted by molar-refractivity contribution is 0.253. The topological polar surface area (TPSA) is 145 Å². The number of benzene rings is 1. The Bertz CT molecular complexity index is 633. The van der Waals surface area contributed by atoms with E-state index in [0.29, 0.717) is 11.4 Å². The van der Waals surface area contributed by atoms with Crippen LogP contribution in [0, 0.1) is 0 Å². The van der Waals surface area contributed by atoms with Crippen molar-refractivity contribution in [3.05, 3.63) is 41.2 Å². The molecular weight excluding hydrogens is 292 g/mol. The first-order valence-corrected chi connectivity index (χ1v) is 7.35. The third-order valence-corrected chi connectivity index (χ3v) is 4.76. The molecule has 0 saturated carbocycles. The number of rotatable bonds is 3. The zero-order chi connectivity index (χ0) is 15.6. The van der Waals surface area contributed by atoms with Gasteiger partial charge in [-0.1, -0.05) is 12.2 Å². The van der Waals surface area contributed by atoms with Crippen molar-refractivity contribution in [2.45, 2.75) is 4.90 Å². The third kappa shape index (κ3) is 2.99. The van der Waals surface area contributed by atoms with Crippen molar-refractivity contribution in [1.29, 1.82) is 0 Å². The maximum Gasteiger partial charge on any atom is 0.333 e. The quantitative estimate of drug-likeness (QED) is 0.241. The molecule has 0 saturated heterocycles. The number of carbonyl (C=O) groups is 2. The second-order valence-electron chi connectivity index (χ2n) is 4.18. The molecule has 1 heterocycles. The van der Waals surface area contributed by atoms with Gasteiger partial charge in [-0.15, -0.1) is 0 Å². The van der Waals surface area contributed by atoms with Crippen molar-refractivity contribution in [3.8, 4) is 0 Å². The summed E-state index contributed by atoms with van der Waals surface area (Å²) < 4.78 is 0. The average Bonchev–Trinajstić information content (AvgIpc) is 2.98. The Hall–Kier alpha value is -2.49. The number of primary amides is 2. The zero-order valence-corrected chi connectivity index (χ0v) is 11.9. The SMILES string of the molecule is NC(=O)N(N)c1ccc(N(N)C(N)=O)c([SH]2C=CC=C2)c1. The van der Waals surface area contributed by atoms with E-state index in [4.69, 9.17) is 23.2 Å². The molecule has 0 unspecified atom stereocenters. The number of nitrogens with zero attached hydrogens (tertiary/aromatic N) is 2. The first-order valence-electron chi connectivity index (χ1n) is 5.87. The summed E-state index contributed by atoms with van der Waals surface area (Å²) in [5, 5.41) is 5.61. The molecule has 0 aliphatic carbocycles. The van der Waals surface area contributed by atoms with E-state index < -0.39 is 23.0 Å². The lowest BCUT2D eigenvalue weighted by Gasteiger charge is -2.24. The van der Waals surface area contributed by atoms with Crippen LogP contribution in [0.3, 0.4) is 0 Å². The van der Waals surface area contributed by atoms with Crippen LogP contribution >= 0.6 is 10.9 Å². The van der Waals surface area contributed by atoms with Crippen LogP contribution in [0.4, 0.5) is 21.0 Å². The summed E-state index contributed by atoms with van der Waals surface area (Å²) in [4.78, 5) is 23.2. The second-order valence-corrected chi connectivity index (χ2v) is 6.07. The van der Waals surface area contributed by atoms with Crippen molar-refractivity contribution in [2.75, 3.05) is 10.0 Å². The minimum absolute atomic E-state index is 0.398. The lowest BCUT2D eigenvalue weighted by Crippen LogP contribution is -2.43. The van der Waals surface area contributed by atoms with Crippen LogP contribution in [-0.4, -0.2) is 12.1 Å². The molecule has 4 amide bonds. The highest BCUT2D eigenvalue weighted by atomic mass is 32.2. The van der Waals surface area contributed by atoms with Crippen LogP contribution in [0.25, 0.3) is 0 Å². The van der Waals surface area contributed by atoms with Gasteiger partial charge in [-0.2, -0.15) is 10.9 Å². The van der Waals surface area contributed by atoms with Crippen LogP contribution < -0.4 is 33.2 Å². The number of carbonyl (C=O) groups excluding carboxylic acids is 2. The largest absolute Gasteiger partial charge is 0.350 e. The molecule has 0 spiro atoms. The number of hydrogen-bond acceptors (Lipinski definition) is 4. The molecule has 1 aliphatic heterocycles. The summed E-state index contributed by atoms with van der Waals surface area (Å²) >= 11 is 0. The molecular formula is C12H16N6O2S. The molecule has 0 fully saturated rings. The number of urea groups is 2.